The first kappa shape index (κ1) is 12.5. The Morgan fingerprint density at radius 1 is 1.21 bits per heavy atom. The minimum absolute atomic E-state index is 0.547. The number of hydrogen-bond acceptors (Lipinski definition) is 2. The number of fused-ring (bicyclic) bond motifs is 1. The number of amides is 1. The molecule has 2 aliphatic rings. The van der Waals surface area contributed by atoms with Crippen LogP contribution in [0.1, 0.15) is 18.4 Å². The van der Waals surface area contributed by atoms with Gasteiger partial charge in [0.15, 0.2) is 0 Å². The zero-order valence-electron chi connectivity index (χ0n) is 11.0. The average Bonchev–Trinajstić information content (AvgIpc) is 2.95. The summed E-state index contributed by atoms with van der Waals surface area (Å²) in [4.78, 5) is 12.5. The number of rotatable bonds is 3. The monoisotopic (exact) mass is 260 g/mol. The van der Waals surface area contributed by atoms with Crippen LogP contribution in [-0.2, 0) is 6.54 Å². The molecule has 0 radical (unpaired) electrons. The Kier molecular flexibility index (Phi) is 3.42. The van der Waals surface area contributed by atoms with E-state index in [1.165, 1.54) is 5.56 Å². The summed E-state index contributed by atoms with van der Waals surface area (Å²) in [5, 5.41) is 12.6. The van der Waals surface area contributed by atoms with Gasteiger partial charge >= 0.3 is 6.09 Å². The first-order valence-corrected chi connectivity index (χ1v) is 6.97. The van der Waals surface area contributed by atoms with E-state index in [1.54, 1.807) is 4.90 Å². The van der Waals surface area contributed by atoms with Crippen LogP contribution in [0.3, 0.4) is 0 Å². The summed E-state index contributed by atoms with van der Waals surface area (Å²) < 4.78 is 0. The lowest BCUT2D eigenvalue weighted by Gasteiger charge is -2.17. The fourth-order valence-corrected chi connectivity index (χ4v) is 3.48. The summed E-state index contributed by atoms with van der Waals surface area (Å²) in [5.41, 5.74) is 1.31. The van der Waals surface area contributed by atoms with E-state index < -0.39 is 6.09 Å². The summed E-state index contributed by atoms with van der Waals surface area (Å²) in [5.74, 6) is 1.12. The minimum atomic E-state index is -0.761. The molecule has 0 spiro atoms. The van der Waals surface area contributed by atoms with Crippen molar-refractivity contribution in [3.05, 3.63) is 35.9 Å². The molecule has 1 amide bonds. The second-order valence-electron chi connectivity index (χ2n) is 5.74. The first-order chi connectivity index (χ1) is 9.22. The van der Waals surface area contributed by atoms with Crippen LogP contribution < -0.4 is 5.32 Å². The van der Waals surface area contributed by atoms with Crippen molar-refractivity contribution >= 4 is 6.09 Å². The third-order valence-corrected chi connectivity index (χ3v) is 4.46. The third-order valence-electron chi connectivity index (χ3n) is 4.46. The third kappa shape index (κ3) is 2.73. The van der Waals surface area contributed by atoms with E-state index in [0.717, 1.165) is 32.5 Å². The predicted molar refractivity (Wildman–Crippen MR) is 72.9 cm³/mol. The normalized spacial score (nSPS) is 29.5. The van der Waals surface area contributed by atoms with Gasteiger partial charge in [0.05, 0.1) is 0 Å². The first-order valence-electron chi connectivity index (χ1n) is 6.97. The molecule has 1 aromatic carbocycles. The van der Waals surface area contributed by atoms with Gasteiger partial charge in [-0.25, -0.2) is 4.79 Å². The zero-order chi connectivity index (χ0) is 13.2. The molecule has 4 heteroatoms. The standard InChI is InChI=1S/C15H20N2O2/c18-15(19)17-9-12-6-14(7-13(12)10-17)16-8-11-4-2-1-3-5-11/h1-5,12-14,16H,6-10H2,(H,18,19). The number of hydrogen-bond donors (Lipinski definition) is 2. The fraction of sp³-hybridized carbons (Fsp3) is 0.533. The van der Waals surface area contributed by atoms with Crippen LogP contribution in [-0.4, -0.2) is 35.2 Å². The molecule has 2 atom stereocenters. The van der Waals surface area contributed by atoms with Crippen molar-refractivity contribution in [3.8, 4) is 0 Å². The molecule has 2 unspecified atom stereocenters. The van der Waals surface area contributed by atoms with Crippen molar-refractivity contribution in [3.63, 3.8) is 0 Å². The highest BCUT2D eigenvalue weighted by molar-refractivity contribution is 5.65. The van der Waals surface area contributed by atoms with E-state index in [1.807, 2.05) is 6.07 Å². The second-order valence-corrected chi connectivity index (χ2v) is 5.74. The van der Waals surface area contributed by atoms with Crippen LogP contribution >= 0.6 is 0 Å². The molecule has 1 saturated heterocycles. The predicted octanol–water partition coefficient (Wildman–Crippen LogP) is 2.16. The smallest absolute Gasteiger partial charge is 0.407 e. The number of carboxylic acid groups (broad SMARTS) is 1. The fourth-order valence-electron chi connectivity index (χ4n) is 3.48. The van der Waals surface area contributed by atoms with E-state index in [2.05, 4.69) is 29.6 Å². The van der Waals surface area contributed by atoms with Crippen molar-refractivity contribution < 1.29 is 9.90 Å². The average molecular weight is 260 g/mol. The molecular formula is C15H20N2O2. The maximum Gasteiger partial charge on any atom is 0.407 e. The van der Waals surface area contributed by atoms with E-state index in [0.29, 0.717) is 17.9 Å². The Bertz CT molecular complexity index is 435. The highest BCUT2D eigenvalue weighted by atomic mass is 16.4. The van der Waals surface area contributed by atoms with E-state index in [9.17, 15) is 4.79 Å². The van der Waals surface area contributed by atoms with Crippen LogP contribution in [0, 0.1) is 11.8 Å². The van der Waals surface area contributed by atoms with Crippen LogP contribution in [0.5, 0.6) is 0 Å². The lowest BCUT2D eigenvalue weighted by Crippen LogP contribution is -2.31. The van der Waals surface area contributed by atoms with Crippen LogP contribution in [0.25, 0.3) is 0 Å². The van der Waals surface area contributed by atoms with Crippen molar-refractivity contribution in [2.75, 3.05) is 13.1 Å². The number of likely N-dealkylation sites (tertiary alicyclic amines) is 1. The Morgan fingerprint density at radius 2 is 1.84 bits per heavy atom. The largest absolute Gasteiger partial charge is 0.465 e. The lowest BCUT2D eigenvalue weighted by atomic mass is 10.0. The van der Waals surface area contributed by atoms with Gasteiger partial charge < -0.3 is 15.3 Å². The molecule has 1 heterocycles. The molecule has 1 saturated carbocycles. The highest BCUT2D eigenvalue weighted by Gasteiger charge is 2.42. The maximum absolute atomic E-state index is 10.9. The highest BCUT2D eigenvalue weighted by Crippen LogP contribution is 2.38. The van der Waals surface area contributed by atoms with Crippen molar-refractivity contribution in [2.24, 2.45) is 11.8 Å². The van der Waals surface area contributed by atoms with Gasteiger partial charge in [0.1, 0.15) is 0 Å². The van der Waals surface area contributed by atoms with Crippen LogP contribution in [0.4, 0.5) is 4.79 Å². The van der Waals surface area contributed by atoms with E-state index >= 15 is 0 Å². The number of carbonyl (C=O) groups is 1. The van der Waals surface area contributed by atoms with Crippen molar-refractivity contribution in [2.45, 2.75) is 25.4 Å². The van der Waals surface area contributed by atoms with E-state index in [-0.39, 0.29) is 0 Å². The number of nitrogens with zero attached hydrogens (tertiary/aromatic N) is 1. The zero-order valence-corrected chi connectivity index (χ0v) is 11.0. The van der Waals surface area contributed by atoms with Gasteiger partial charge in [-0.15, -0.1) is 0 Å². The Hall–Kier alpha value is -1.55. The summed E-state index contributed by atoms with van der Waals surface area (Å²) in [6.07, 6.45) is 1.46. The maximum atomic E-state index is 10.9. The van der Waals surface area contributed by atoms with Gasteiger partial charge in [-0.3, -0.25) is 0 Å². The summed E-state index contributed by atoms with van der Waals surface area (Å²) >= 11 is 0. The van der Waals surface area contributed by atoms with Crippen LogP contribution in [0.15, 0.2) is 30.3 Å². The molecule has 0 aromatic heterocycles. The Labute approximate surface area is 113 Å². The summed E-state index contributed by atoms with van der Waals surface area (Å²) in [6, 6.07) is 11.0. The molecule has 4 nitrogen and oxygen atoms in total. The molecule has 2 fully saturated rings. The lowest BCUT2D eigenvalue weighted by molar-refractivity contribution is 0.151. The van der Waals surface area contributed by atoms with Crippen molar-refractivity contribution in [1.29, 1.82) is 0 Å². The van der Waals surface area contributed by atoms with Gasteiger partial charge in [0.25, 0.3) is 0 Å². The number of nitrogens with one attached hydrogen (secondary N) is 1. The summed E-state index contributed by atoms with van der Waals surface area (Å²) in [7, 11) is 0. The van der Waals surface area contributed by atoms with E-state index in [4.69, 9.17) is 5.11 Å². The Morgan fingerprint density at radius 3 is 2.42 bits per heavy atom. The van der Waals surface area contributed by atoms with Gasteiger partial charge in [0.2, 0.25) is 0 Å². The molecular weight excluding hydrogens is 240 g/mol. The SMILES string of the molecule is O=C(O)N1CC2CC(NCc3ccccc3)CC2C1. The summed E-state index contributed by atoms with van der Waals surface area (Å²) in [6.45, 7) is 2.36. The number of benzene rings is 1. The van der Waals surface area contributed by atoms with Gasteiger partial charge in [-0.2, -0.15) is 0 Å². The molecule has 102 valence electrons. The minimum Gasteiger partial charge on any atom is -0.465 e. The topological polar surface area (TPSA) is 52.6 Å². The van der Waals surface area contributed by atoms with Crippen molar-refractivity contribution in [1.82, 2.24) is 10.2 Å². The van der Waals surface area contributed by atoms with Gasteiger partial charge in [-0.1, -0.05) is 30.3 Å². The molecule has 1 aliphatic carbocycles. The molecule has 19 heavy (non-hydrogen) atoms. The molecule has 3 rings (SSSR count). The molecule has 0 bridgehead atoms. The Balaban J connectivity index is 1.48. The quantitative estimate of drug-likeness (QED) is 0.875. The molecule has 1 aliphatic heterocycles. The van der Waals surface area contributed by atoms with Gasteiger partial charge in [0, 0.05) is 25.7 Å². The van der Waals surface area contributed by atoms with Crippen LogP contribution in [0.2, 0.25) is 0 Å². The van der Waals surface area contributed by atoms with Gasteiger partial charge in [-0.05, 0) is 30.2 Å². The molecule has 2 N–H and O–H groups in total. The second kappa shape index (κ2) is 5.21. The molecule has 1 aromatic rings.